The lowest BCUT2D eigenvalue weighted by Crippen LogP contribution is -2.24. The van der Waals surface area contributed by atoms with E-state index in [1.807, 2.05) is 61.7 Å². The van der Waals surface area contributed by atoms with Crippen LogP contribution in [0.5, 0.6) is 11.5 Å². The van der Waals surface area contributed by atoms with E-state index < -0.39 is 0 Å². The van der Waals surface area contributed by atoms with E-state index in [0.717, 1.165) is 40.4 Å². The maximum Gasteiger partial charge on any atom is 0.222 e. The summed E-state index contributed by atoms with van der Waals surface area (Å²) in [5.41, 5.74) is 4.19. The van der Waals surface area contributed by atoms with Gasteiger partial charge in [0.2, 0.25) is 5.91 Å². The van der Waals surface area contributed by atoms with Crippen molar-refractivity contribution in [2.24, 2.45) is 0 Å². The number of rotatable bonds is 8. The molecule has 1 atom stereocenters. The van der Waals surface area contributed by atoms with Gasteiger partial charge in [-0.2, -0.15) is 5.10 Å². The molecule has 0 radical (unpaired) electrons. The third-order valence-corrected chi connectivity index (χ3v) is 5.80. The van der Waals surface area contributed by atoms with Crippen LogP contribution in [0.4, 0.5) is 0 Å². The van der Waals surface area contributed by atoms with Crippen molar-refractivity contribution in [3.8, 4) is 22.9 Å². The van der Waals surface area contributed by atoms with Crippen LogP contribution < -0.4 is 14.8 Å². The van der Waals surface area contributed by atoms with E-state index in [0.29, 0.717) is 24.5 Å². The number of aromatic amines is 1. The molecule has 0 fully saturated rings. The summed E-state index contributed by atoms with van der Waals surface area (Å²) in [7, 11) is 0. The summed E-state index contributed by atoms with van der Waals surface area (Å²) in [4.78, 5) is 12.6. The smallest absolute Gasteiger partial charge is 0.222 e. The van der Waals surface area contributed by atoms with Crippen molar-refractivity contribution < 1.29 is 14.3 Å². The number of carbonyl (C=O) groups is 1. The summed E-state index contributed by atoms with van der Waals surface area (Å²) in [6.45, 7) is 7.42. The second kappa shape index (κ2) is 9.56. The minimum absolute atomic E-state index is 0.0693. The van der Waals surface area contributed by atoms with Crippen molar-refractivity contribution in [2.75, 3.05) is 6.61 Å². The Kier molecular flexibility index (Phi) is 6.60. The number of hydrogen-bond donors (Lipinski definition) is 2. The Balaban J connectivity index is 1.41. The first-order valence-electron chi connectivity index (χ1n) is 10.9. The number of carbonyl (C=O) groups excluding carboxylic acids is 1. The third-order valence-electron chi connectivity index (χ3n) is 5.49. The average molecular weight is 453 g/mol. The molecule has 0 bridgehead atoms. The Morgan fingerprint density at radius 3 is 2.88 bits per heavy atom. The van der Waals surface area contributed by atoms with E-state index in [1.165, 1.54) is 5.56 Å². The van der Waals surface area contributed by atoms with Gasteiger partial charge in [-0.05, 0) is 45.1 Å². The molecule has 1 aliphatic heterocycles. The molecule has 7 nitrogen and oxygen atoms in total. The first-order valence-corrected chi connectivity index (χ1v) is 11.3. The van der Waals surface area contributed by atoms with Crippen LogP contribution in [-0.4, -0.2) is 33.4 Å². The van der Waals surface area contributed by atoms with Gasteiger partial charge >= 0.3 is 0 Å². The number of fused-ring (bicyclic) bond motifs is 1. The van der Waals surface area contributed by atoms with Gasteiger partial charge in [0.15, 0.2) is 10.6 Å². The lowest BCUT2D eigenvalue weighted by atomic mass is 10.1. The van der Waals surface area contributed by atoms with Crippen LogP contribution in [0.2, 0.25) is 0 Å². The summed E-state index contributed by atoms with van der Waals surface area (Å²) in [5, 5.41) is 10.2. The first kappa shape index (κ1) is 22.1. The predicted octanol–water partition coefficient (Wildman–Crippen LogP) is 4.34. The molecule has 8 heteroatoms. The quantitative estimate of drug-likeness (QED) is 0.497. The van der Waals surface area contributed by atoms with Gasteiger partial charge in [0.05, 0.1) is 6.61 Å². The Morgan fingerprint density at radius 2 is 2.12 bits per heavy atom. The van der Waals surface area contributed by atoms with Crippen LogP contribution in [0, 0.1) is 11.7 Å². The number of nitrogens with one attached hydrogen (secondary N) is 2. The van der Waals surface area contributed by atoms with Crippen molar-refractivity contribution in [1.82, 2.24) is 20.1 Å². The molecule has 3 aromatic rings. The SMILES string of the molecule is CCOc1cc2c(cc1CNC(=O)CCn1c(-c3ccc(C)cc3)n[nH]c1=S)OC(C)C2. The molecule has 0 aliphatic carbocycles. The molecular formula is C24H28N4O3S. The van der Waals surface area contributed by atoms with Gasteiger partial charge < -0.3 is 14.8 Å². The van der Waals surface area contributed by atoms with Gasteiger partial charge in [-0.1, -0.05) is 29.8 Å². The number of nitrogens with zero attached hydrogens (tertiary/aromatic N) is 2. The molecule has 0 spiro atoms. The van der Waals surface area contributed by atoms with Crippen LogP contribution in [0.3, 0.4) is 0 Å². The van der Waals surface area contributed by atoms with E-state index >= 15 is 0 Å². The Hall–Kier alpha value is -3.13. The standard InChI is InChI=1S/C24H28N4O3S/c1-4-30-20-12-18-11-16(3)31-21(18)13-19(20)14-25-22(29)9-10-28-23(26-27-24(28)32)17-7-5-15(2)6-8-17/h5-8,12-13,16H,4,9-11,14H2,1-3H3,(H,25,29)(H,27,32). The molecule has 32 heavy (non-hydrogen) atoms. The number of aromatic nitrogens is 3. The molecule has 1 aliphatic rings. The van der Waals surface area contributed by atoms with Gasteiger partial charge in [0, 0.05) is 42.6 Å². The van der Waals surface area contributed by atoms with Crippen LogP contribution in [0.15, 0.2) is 36.4 Å². The second-order valence-electron chi connectivity index (χ2n) is 8.03. The number of ether oxygens (including phenoxy) is 2. The monoisotopic (exact) mass is 452 g/mol. The van der Waals surface area contributed by atoms with E-state index in [-0.39, 0.29) is 18.4 Å². The molecule has 168 valence electrons. The number of hydrogen-bond acceptors (Lipinski definition) is 5. The van der Waals surface area contributed by atoms with Crippen molar-refractivity contribution in [3.05, 3.63) is 57.9 Å². The molecule has 0 saturated heterocycles. The fourth-order valence-corrected chi connectivity index (χ4v) is 4.08. The van der Waals surface area contributed by atoms with Crippen LogP contribution >= 0.6 is 12.2 Å². The zero-order chi connectivity index (χ0) is 22.7. The maximum absolute atomic E-state index is 12.6. The largest absolute Gasteiger partial charge is 0.494 e. The molecule has 2 aromatic carbocycles. The zero-order valence-electron chi connectivity index (χ0n) is 18.6. The highest BCUT2D eigenvalue weighted by molar-refractivity contribution is 7.71. The molecule has 1 amide bonds. The number of H-pyrrole nitrogens is 1. The molecule has 2 N–H and O–H groups in total. The summed E-state index contributed by atoms with van der Waals surface area (Å²) >= 11 is 5.38. The molecule has 0 saturated carbocycles. The second-order valence-corrected chi connectivity index (χ2v) is 8.42. The molecule has 4 rings (SSSR count). The van der Waals surface area contributed by atoms with Gasteiger partial charge in [-0.15, -0.1) is 0 Å². The van der Waals surface area contributed by atoms with Crippen molar-refractivity contribution >= 4 is 18.1 Å². The van der Waals surface area contributed by atoms with E-state index in [4.69, 9.17) is 21.7 Å². The van der Waals surface area contributed by atoms with Crippen LogP contribution in [-0.2, 0) is 24.3 Å². The summed E-state index contributed by atoms with van der Waals surface area (Å²) in [5.74, 6) is 2.33. The molecule has 2 heterocycles. The lowest BCUT2D eigenvalue weighted by Gasteiger charge is -2.14. The highest BCUT2D eigenvalue weighted by atomic mass is 32.1. The highest BCUT2D eigenvalue weighted by Crippen LogP contribution is 2.35. The van der Waals surface area contributed by atoms with Gasteiger partial charge in [0.25, 0.3) is 0 Å². The Labute approximate surface area is 192 Å². The van der Waals surface area contributed by atoms with Gasteiger partial charge in [0.1, 0.15) is 17.6 Å². The Bertz CT molecular complexity index is 1170. The summed E-state index contributed by atoms with van der Waals surface area (Å²) < 4.78 is 14.0. The average Bonchev–Trinajstić information content (AvgIpc) is 3.32. The maximum atomic E-state index is 12.6. The third kappa shape index (κ3) is 4.85. The Morgan fingerprint density at radius 1 is 1.34 bits per heavy atom. The summed E-state index contributed by atoms with van der Waals surface area (Å²) in [6, 6.07) is 12.1. The number of benzene rings is 2. The number of aryl methyl sites for hydroxylation is 1. The van der Waals surface area contributed by atoms with Crippen LogP contribution in [0.25, 0.3) is 11.4 Å². The molecule has 1 aromatic heterocycles. The van der Waals surface area contributed by atoms with Crippen molar-refractivity contribution in [3.63, 3.8) is 0 Å². The van der Waals surface area contributed by atoms with Gasteiger partial charge in [-0.3, -0.25) is 14.5 Å². The highest BCUT2D eigenvalue weighted by Gasteiger charge is 2.22. The molecular weight excluding hydrogens is 424 g/mol. The fourth-order valence-electron chi connectivity index (χ4n) is 3.85. The molecule has 1 unspecified atom stereocenters. The normalized spacial score (nSPS) is 14.7. The fraction of sp³-hybridized carbons (Fsp3) is 0.375. The topological polar surface area (TPSA) is 81.2 Å². The van der Waals surface area contributed by atoms with E-state index in [1.54, 1.807) is 0 Å². The van der Waals surface area contributed by atoms with E-state index in [2.05, 4.69) is 15.5 Å². The van der Waals surface area contributed by atoms with Crippen molar-refractivity contribution in [1.29, 1.82) is 0 Å². The lowest BCUT2D eigenvalue weighted by molar-refractivity contribution is -0.121. The first-order chi connectivity index (χ1) is 15.4. The van der Waals surface area contributed by atoms with E-state index in [9.17, 15) is 4.79 Å². The minimum atomic E-state index is -0.0693. The minimum Gasteiger partial charge on any atom is -0.494 e. The number of amides is 1. The van der Waals surface area contributed by atoms with Crippen LogP contribution in [0.1, 0.15) is 37.0 Å². The summed E-state index contributed by atoms with van der Waals surface area (Å²) in [6.07, 6.45) is 1.32. The van der Waals surface area contributed by atoms with Crippen molar-refractivity contribution in [2.45, 2.75) is 52.8 Å². The predicted molar refractivity (Wildman–Crippen MR) is 125 cm³/mol. The van der Waals surface area contributed by atoms with Gasteiger partial charge in [-0.25, -0.2) is 0 Å². The zero-order valence-corrected chi connectivity index (χ0v) is 19.4.